The number of fused-ring (bicyclic) bond motifs is 1. The zero-order valence-corrected chi connectivity index (χ0v) is 16.8. The molecule has 0 unspecified atom stereocenters. The molecule has 1 aromatic rings. The van der Waals surface area contributed by atoms with Gasteiger partial charge in [-0.3, -0.25) is 4.79 Å². The average molecular weight is 449 g/mol. The van der Waals surface area contributed by atoms with Crippen molar-refractivity contribution in [2.75, 3.05) is 16.4 Å². The minimum absolute atomic E-state index is 0.0269. The van der Waals surface area contributed by atoms with Gasteiger partial charge in [0.1, 0.15) is 5.82 Å². The summed E-state index contributed by atoms with van der Waals surface area (Å²) in [4.78, 5) is 17.8. The van der Waals surface area contributed by atoms with Gasteiger partial charge in [0, 0.05) is 16.1 Å². The Labute approximate surface area is 159 Å². The van der Waals surface area contributed by atoms with Gasteiger partial charge in [-0.1, -0.05) is 41.0 Å². The number of carbonyl (C=O) groups excluding carboxylic acids is 1. The molecule has 0 aliphatic carbocycles. The van der Waals surface area contributed by atoms with Crippen LogP contribution in [0.5, 0.6) is 0 Å². The van der Waals surface area contributed by atoms with Crippen molar-refractivity contribution < 1.29 is 17.6 Å². The highest BCUT2D eigenvalue weighted by molar-refractivity contribution is 9.10. The first-order valence-corrected chi connectivity index (χ1v) is 11.5. The standard InChI is InChI=1S/C16H18BrFN2O3S2/c1-2-3-4-15(21)19-16-20(12-6-5-10(17)7-11(12)18)13-8-25(22,23)9-14(13)24-16/h5-7,13-14H,2-4,8-9H2,1H3/t13-,14-/m1/s1. The van der Waals surface area contributed by atoms with Crippen LogP contribution >= 0.6 is 27.7 Å². The van der Waals surface area contributed by atoms with E-state index in [-0.39, 0.29) is 28.4 Å². The number of carbonyl (C=O) groups is 1. The van der Waals surface area contributed by atoms with Crippen LogP contribution in [0, 0.1) is 5.82 Å². The highest BCUT2D eigenvalue weighted by Gasteiger charge is 2.49. The molecule has 5 nitrogen and oxygen atoms in total. The molecule has 0 spiro atoms. The number of nitrogens with zero attached hydrogens (tertiary/aromatic N) is 2. The second-order valence-electron chi connectivity index (χ2n) is 6.16. The maximum absolute atomic E-state index is 14.5. The number of rotatable bonds is 4. The van der Waals surface area contributed by atoms with Crippen molar-refractivity contribution in [3.05, 3.63) is 28.5 Å². The van der Waals surface area contributed by atoms with Gasteiger partial charge in [-0.15, -0.1) is 0 Å². The SMILES string of the molecule is CCCCC(=O)N=C1S[C@@H]2CS(=O)(=O)C[C@H]2N1c1ccc(Br)cc1F. The zero-order valence-electron chi connectivity index (χ0n) is 13.6. The van der Waals surface area contributed by atoms with E-state index in [1.54, 1.807) is 17.0 Å². The van der Waals surface area contributed by atoms with Crippen molar-refractivity contribution in [2.24, 2.45) is 4.99 Å². The van der Waals surface area contributed by atoms with E-state index in [4.69, 9.17) is 0 Å². The predicted octanol–water partition coefficient (Wildman–Crippen LogP) is 3.38. The third-order valence-electron chi connectivity index (χ3n) is 4.20. The number of amides is 1. The van der Waals surface area contributed by atoms with E-state index < -0.39 is 21.7 Å². The van der Waals surface area contributed by atoms with E-state index in [9.17, 15) is 17.6 Å². The number of thioether (sulfide) groups is 1. The Morgan fingerprint density at radius 1 is 1.44 bits per heavy atom. The molecule has 0 aromatic heterocycles. The molecule has 2 saturated heterocycles. The van der Waals surface area contributed by atoms with E-state index in [0.717, 1.165) is 12.8 Å². The van der Waals surface area contributed by atoms with Crippen molar-refractivity contribution in [1.82, 2.24) is 0 Å². The minimum atomic E-state index is -3.17. The van der Waals surface area contributed by atoms with Gasteiger partial charge >= 0.3 is 0 Å². The second kappa shape index (κ2) is 7.36. The summed E-state index contributed by atoms with van der Waals surface area (Å²) in [6.45, 7) is 1.99. The van der Waals surface area contributed by atoms with Crippen LogP contribution in [0.4, 0.5) is 10.1 Å². The molecule has 0 radical (unpaired) electrons. The Balaban J connectivity index is 1.98. The van der Waals surface area contributed by atoms with Crippen LogP contribution in [0.2, 0.25) is 0 Å². The molecule has 9 heteroatoms. The number of hydrogen-bond acceptors (Lipinski definition) is 4. The summed E-state index contributed by atoms with van der Waals surface area (Å²) in [7, 11) is -3.17. The second-order valence-corrected chi connectivity index (χ2v) is 10.4. The summed E-state index contributed by atoms with van der Waals surface area (Å²) in [6, 6.07) is 4.20. The number of halogens is 2. The van der Waals surface area contributed by atoms with Crippen LogP contribution in [0.3, 0.4) is 0 Å². The van der Waals surface area contributed by atoms with Crippen molar-refractivity contribution in [3.8, 4) is 0 Å². The van der Waals surface area contributed by atoms with E-state index in [2.05, 4.69) is 20.9 Å². The van der Waals surface area contributed by atoms with Gasteiger partial charge in [-0.25, -0.2) is 12.8 Å². The molecule has 0 bridgehead atoms. The van der Waals surface area contributed by atoms with Crippen LogP contribution in [-0.4, -0.2) is 42.3 Å². The molecular formula is C16H18BrFN2O3S2. The number of sulfone groups is 1. The fourth-order valence-electron chi connectivity index (χ4n) is 3.01. The number of hydrogen-bond donors (Lipinski definition) is 0. The summed E-state index contributed by atoms with van der Waals surface area (Å²) in [5, 5.41) is 0.165. The van der Waals surface area contributed by atoms with E-state index in [0.29, 0.717) is 16.1 Å². The number of unbranched alkanes of at least 4 members (excludes halogenated alkanes) is 1. The fourth-order valence-corrected chi connectivity index (χ4v) is 7.27. The van der Waals surface area contributed by atoms with E-state index >= 15 is 0 Å². The summed E-state index contributed by atoms with van der Waals surface area (Å²) < 4.78 is 39.1. The molecule has 136 valence electrons. The molecule has 3 rings (SSSR count). The molecular weight excluding hydrogens is 431 g/mol. The van der Waals surface area contributed by atoms with E-state index in [1.165, 1.54) is 17.8 Å². The normalized spacial score (nSPS) is 26.2. The van der Waals surface area contributed by atoms with Gasteiger partial charge in [-0.2, -0.15) is 4.99 Å². The van der Waals surface area contributed by atoms with Gasteiger partial charge in [0.2, 0.25) is 5.91 Å². The third kappa shape index (κ3) is 4.09. The van der Waals surface area contributed by atoms with Crippen LogP contribution in [0.15, 0.2) is 27.7 Å². The Kier molecular flexibility index (Phi) is 5.55. The maximum atomic E-state index is 14.5. The Morgan fingerprint density at radius 2 is 2.20 bits per heavy atom. The number of aliphatic imine (C=N–C) groups is 1. The molecule has 2 aliphatic rings. The van der Waals surface area contributed by atoms with Crippen molar-refractivity contribution in [2.45, 2.75) is 37.5 Å². The Bertz CT molecular complexity index is 829. The molecule has 2 atom stereocenters. The highest BCUT2D eigenvalue weighted by atomic mass is 79.9. The summed E-state index contributed by atoms with van der Waals surface area (Å²) in [5.74, 6) is -0.759. The molecule has 25 heavy (non-hydrogen) atoms. The molecule has 1 amide bonds. The molecule has 0 N–H and O–H groups in total. The zero-order chi connectivity index (χ0) is 18.2. The lowest BCUT2D eigenvalue weighted by Gasteiger charge is -2.25. The lowest BCUT2D eigenvalue weighted by atomic mass is 10.2. The molecule has 2 fully saturated rings. The fraction of sp³-hybridized carbons (Fsp3) is 0.500. The van der Waals surface area contributed by atoms with Gasteiger partial charge in [0.25, 0.3) is 0 Å². The maximum Gasteiger partial charge on any atom is 0.248 e. The monoisotopic (exact) mass is 448 g/mol. The van der Waals surface area contributed by atoms with Gasteiger partial charge in [0.15, 0.2) is 15.0 Å². The van der Waals surface area contributed by atoms with Gasteiger partial charge in [0.05, 0.1) is 23.2 Å². The van der Waals surface area contributed by atoms with Crippen LogP contribution in [0.1, 0.15) is 26.2 Å². The third-order valence-corrected chi connectivity index (χ3v) is 7.90. The lowest BCUT2D eigenvalue weighted by molar-refractivity contribution is -0.117. The molecule has 2 heterocycles. The van der Waals surface area contributed by atoms with Crippen molar-refractivity contribution >= 4 is 54.3 Å². The molecule has 1 aromatic carbocycles. The minimum Gasteiger partial charge on any atom is -0.313 e. The Morgan fingerprint density at radius 3 is 2.88 bits per heavy atom. The first-order valence-electron chi connectivity index (χ1n) is 8.03. The van der Waals surface area contributed by atoms with Crippen molar-refractivity contribution in [1.29, 1.82) is 0 Å². The van der Waals surface area contributed by atoms with Crippen molar-refractivity contribution in [3.63, 3.8) is 0 Å². The first kappa shape index (κ1) is 18.8. The predicted molar refractivity (Wildman–Crippen MR) is 102 cm³/mol. The summed E-state index contributed by atoms with van der Waals surface area (Å²) in [6.07, 6.45) is 1.97. The summed E-state index contributed by atoms with van der Waals surface area (Å²) >= 11 is 4.48. The summed E-state index contributed by atoms with van der Waals surface area (Å²) in [5.41, 5.74) is 0.252. The Hall–Kier alpha value is -0.930. The number of amidine groups is 1. The van der Waals surface area contributed by atoms with E-state index in [1.807, 2.05) is 6.92 Å². The van der Waals surface area contributed by atoms with Crippen LogP contribution < -0.4 is 4.90 Å². The average Bonchev–Trinajstić information content (AvgIpc) is 2.97. The lowest BCUT2D eigenvalue weighted by Crippen LogP contribution is -2.38. The van der Waals surface area contributed by atoms with Gasteiger partial charge in [-0.05, 0) is 24.6 Å². The first-order chi connectivity index (χ1) is 11.8. The van der Waals surface area contributed by atoms with Crippen LogP contribution in [0.25, 0.3) is 0 Å². The van der Waals surface area contributed by atoms with Gasteiger partial charge < -0.3 is 4.90 Å². The largest absolute Gasteiger partial charge is 0.313 e. The molecule has 0 saturated carbocycles. The van der Waals surface area contributed by atoms with Crippen LogP contribution in [-0.2, 0) is 14.6 Å². The highest BCUT2D eigenvalue weighted by Crippen LogP contribution is 2.42. The molecule has 2 aliphatic heterocycles. The quantitative estimate of drug-likeness (QED) is 0.705. The smallest absolute Gasteiger partial charge is 0.248 e. The number of benzene rings is 1. The number of anilines is 1. The topological polar surface area (TPSA) is 66.8 Å².